The van der Waals surface area contributed by atoms with Gasteiger partial charge in [0.2, 0.25) is 0 Å². The van der Waals surface area contributed by atoms with Crippen molar-refractivity contribution < 1.29 is 5.11 Å². The summed E-state index contributed by atoms with van der Waals surface area (Å²) in [6.45, 7) is 8.02. The van der Waals surface area contributed by atoms with Gasteiger partial charge in [-0.25, -0.2) is 0 Å². The van der Waals surface area contributed by atoms with Crippen molar-refractivity contribution in [2.24, 2.45) is 5.92 Å². The fourth-order valence-corrected chi connectivity index (χ4v) is 2.03. The molecule has 1 rings (SSSR count). The molecule has 0 aromatic heterocycles. The van der Waals surface area contributed by atoms with Crippen molar-refractivity contribution in [1.29, 1.82) is 0 Å². The second-order valence-corrected chi connectivity index (χ2v) is 4.95. The Bertz CT molecular complexity index is 157. The lowest BCUT2D eigenvalue weighted by atomic mass is 10.1. The van der Waals surface area contributed by atoms with E-state index in [0.29, 0.717) is 0 Å². The second-order valence-electron chi connectivity index (χ2n) is 4.95. The predicted molar refractivity (Wildman–Crippen MR) is 65.0 cm³/mol. The summed E-state index contributed by atoms with van der Waals surface area (Å²) in [6, 6.07) is 0. The summed E-state index contributed by atoms with van der Waals surface area (Å²) >= 11 is 0. The number of hydrogen-bond acceptors (Lipinski definition) is 2. The maximum absolute atomic E-state index is 9.48. The normalized spacial score (nSPS) is 18.4. The van der Waals surface area contributed by atoms with Crippen LogP contribution in [0.5, 0.6) is 0 Å². The summed E-state index contributed by atoms with van der Waals surface area (Å²) in [6.07, 6.45) is 7.09. The van der Waals surface area contributed by atoms with Crippen LogP contribution in [0.3, 0.4) is 0 Å². The minimum Gasteiger partial charge on any atom is -0.393 e. The van der Waals surface area contributed by atoms with E-state index < -0.39 is 0 Å². The molecule has 0 spiro atoms. The van der Waals surface area contributed by atoms with Gasteiger partial charge in [0.05, 0.1) is 6.10 Å². The molecule has 90 valence electrons. The molecule has 0 bridgehead atoms. The van der Waals surface area contributed by atoms with E-state index in [1.54, 1.807) is 0 Å². The van der Waals surface area contributed by atoms with E-state index in [1.807, 2.05) is 0 Å². The van der Waals surface area contributed by atoms with Gasteiger partial charge in [0, 0.05) is 6.54 Å². The van der Waals surface area contributed by atoms with Crippen molar-refractivity contribution >= 4 is 0 Å². The number of nitrogens with zero attached hydrogens (tertiary/aromatic N) is 1. The zero-order valence-corrected chi connectivity index (χ0v) is 10.4. The van der Waals surface area contributed by atoms with E-state index in [1.165, 1.54) is 38.9 Å². The first kappa shape index (κ1) is 13.0. The first-order valence-corrected chi connectivity index (χ1v) is 6.66. The van der Waals surface area contributed by atoms with Crippen LogP contribution in [-0.2, 0) is 0 Å². The van der Waals surface area contributed by atoms with Crippen molar-refractivity contribution in [1.82, 2.24) is 4.90 Å². The van der Waals surface area contributed by atoms with Crippen LogP contribution in [-0.4, -0.2) is 35.7 Å². The van der Waals surface area contributed by atoms with Crippen molar-refractivity contribution in [3.63, 3.8) is 0 Å². The molecule has 0 aromatic rings. The van der Waals surface area contributed by atoms with Crippen LogP contribution in [0.4, 0.5) is 0 Å². The van der Waals surface area contributed by atoms with E-state index in [9.17, 15) is 5.11 Å². The van der Waals surface area contributed by atoms with Gasteiger partial charge in [-0.05, 0) is 57.5 Å². The maximum Gasteiger partial charge on any atom is 0.0538 e. The summed E-state index contributed by atoms with van der Waals surface area (Å²) < 4.78 is 0. The van der Waals surface area contributed by atoms with E-state index in [-0.39, 0.29) is 6.10 Å². The zero-order valence-electron chi connectivity index (χ0n) is 10.4. The highest BCUT2D eigenvalue weighted by atomic mass is 16.3. The van der Waals surface area contributed by atoms with Gasteiger partial charge in [0.25, 0.3) is 0 Å². The fourth-order valence-electron chi connectivity index (χ4n) is 2.03. The van der Waals surface area contributed by atoms with Gasteiger partial charge in [-0.2, -0.15) is 0 Å². The van der Waals surface area contributed by atoms with Gasteiger partial charge in [-0.15, -0.1) is 0 Å². The Hall–Kier alpha value is -0.0800. The van der Waals surface area contributed by atoms with Crippen LogP contribution in [0.1, 0.15) is 52.4 Å². The van der Waals surface area contributed by atoms with Crippen LogP contribution in [0.2, 0.25) is 0 Å². The molecule has 0 amide bonds. The quantitative estimate of drug-likeness (QED) is 0.636. The minimum atomic E-state index is -0.0746. The summed E-state index contributed by atoms with van der Waals surface area (Å²) in [5.74, 6) is 0.993. The molecule has 0 radical (unpaired) electrons. The molecule has 0 aliphatic heterocycles. The Kier molecular flexibility index (Phi) is 6.26. The van der Waals surface area contributed by atoms with Gasteiger partial charge >= 0.3 is 0 Å². The first-order chi connectivity index (χ1) is 7.26. The number of rotatable bonds is 9. The molecule has 1 aliphatic carbocycles. The molecule has 1 unspecified atom stereocenters. The third-order valence-corrected chi connectivity index (χ3v) is 3.24. The zero-order chi connectivity index (χ0) is 11.1. The summed E-state index contributed by atoms with van der Waals surface area (Å²) in [4.78, 5) is 2.58. The monoisotopic (exact) mass is 213 g/mol. The van der Waals surface area contributed by atoms with Crippen molar-refractivity contribution in [3.05, 3.63) is 0 Å². The molecule has 1 atom stereocenters. The lowest BCUT2D eigenvalue weighted by Crippen LogP contribution is -2.28. The molecule has 0 heterocycles. The van der Waals surface area contributed by atoms with Gasteiger partial charge in [-0.3, -0.25) is 0 Å². The molecule has 15 heavy (non-hydrogen) atoms. The lowest BCUT2D eigenvalue weighted by molar-refractivity contribution is 0.148. The topological polar surface area (TPSA) is 23.5 Å². The molecule has 0 saturated heterocycles. The maximum atomic E-state index is 9.48. The number of aliphatic hydroxyl groups is 1. The highest BCUT2D eigenvalue weighted by Gasteiger charge is 2.23. The minimum absolute atomic E-state index is 0.0746. The lowest BCUT2D eigenvalue weighted by Gasteiger charge is -2.21. The van der Waals surface area contributed by atoms with Crippen LogP contribution in [0.25, 0.3) is 0 Å². The Morgan fingerprint density at radius 3 is 2.53 bits per heavy atom. The summed E-state index contributed by atoms with van der Waals surface area (Å²) in [5, 5.41) is 9.48. The standard InChI is InChI=1S/C13H27NO/c1-3-9-14(11-12-7-8-12)10-5-6-13(15)4-2/h12-13,15H,3-11H2,1-2H3. The van der Waals surface area contributed by atoms with Crippen LogP contribution in [0, 0.1) is 5.92 Å². The van der Waals surface area contributed by atoms with Crippen LogP contribution >= 0.6 is 0 Å². The number of aliphatic hydroxyl groups excluding tert-OH is 1. The van der Waals surface area contributed by atoms with Gasteiger partial charge in [0.15, 0.2) is 0 Å². The van der Waals surface area contributed by atoms with Crippen LogP contribution in [0.15, 0.2) is 0 Å². The van der Waals surface area contributed by atoms with Crippen LogP contribution < -0.4 is 0 Å². The SMILES string of the molecule is CCCN(CCCC(O)CC)CC1CC1. The average molecular weight is 213 g/mol. The highest BCUT2D eigenvalue weighted by molar-refractivity contribution is 4.77. The molecule has 1 aliphatic rings. The molecular formula is C13H27NO. The number of hydrogen-bond donors (Lipinski definition) is 1. The largest absolute Gasteiger partial charge is 0.393 e. The molecular weight excluding hydrogens is 186 g/mol. The third-order valence-electron chi connectivity index (χ3n) is 3.24. The van der Waals surface area contributed by atoms with E-state index >= 15 is 0 Å². The average Bonchev–Trinajstić information content (AvgIpc) is 3.01. The third kappa shape index (κ3) is 6.16. The second kappa shape index (κ2) is 7.24. The van der Waals surface area contributed by atoms with Crippen molar-refractivity contribution in [2.75, 3.05) is 19.6 Å². The smallest absolute Gasteiger partial charge is 0.0538 e. The van der Waals surface area contributed by atoms with Crippen molar-refractivity contribution in [3.8, 4) is 0 Å². The van der Waals surface area contributed by atoms with E-state index in [4.69, 9.17) is 0 Å². The van der Waals surface area contributed by atoms with Gasteiger partial charge < -0.3 is 10.0 Å². The molecule has 1 saturated carbocycles. The highest BCUT2D eigenvalue weighted by Crippen LogP contribution is 2.29. The molecule has 1 N–H and O–H groups in total. The predicted octanol–water partition coefficient (Wildman–Crippen LogP) is 2.66. The molecule has 1 fully saturated rings. The fraction of sp³-hybridized carbons (Fsp3) is 1.00. The van der Waals surface area contributed by atoms with E-state index in [2.05, 4.69) is 18.7 Å². The Morgan fingerprint density at radius 2 is 2.00 bits per heavy atom. The van der Waals surface area contributed by atoms with Gasteiger partial charge in [0.1, 0.15) is 0 Å². The van der Waals surface area contributed by atoms with Crippen molar-refractivity contribution in [2.45, 2.75) is 58.5 Å². The molecule has 2 heteroatoms. The Morgan fingerprint density at radius 1 is 1.27 bits per heavy atom. The molecule has 2 nitrogen and oxygen atoms in total. The Labute approximate surface area is 94.7 Å². The summed E-state index contributed by atoms with van der Waals surface area (Å²) in [5.41, 5.74) is 0. The first-order valence-electron chi connectivity index (χ1n) is 6.66. The summed E-state index contributed by atoms with van der Waals surface area (Å²) in [7, 11) is 0. The van der Waals surface area contributed by atoms with Gasteiger partial charge in [-0.1, -0.05) is 13.8 Å². The molecule has 0 aromatic carbocycles. The van der Waals surface area contributed by atoms with E-state index in [0.717, 1.165) is 25.2 Å². The Balaban J connectivity index is 2.07.